The molecule has 0 aromatic carbocycles. The van der Waals surface area contributed by atoms with Crippen LogP contribution in [0.25, 0.3) is 0 Å². The van der Waals surface area contributed by atoms with Crippen molar-refractivity contribution in [1.82, 2.24) is 0 Å². The highest BCUT2D eigenvalue weighted by Crippen LogP contribution is 2.35. The number of hydrogen-bond acceptors (Lipinski definition) is 3. The summed E-state index contributed by atoms with van der Waals surface area (Å²) in [6, 6.07) is 0. The Balaban J connectivity index is 2.50. The Hall–Kier alpha value is -0.410. The molecular formula is C10H19NO2. The smallest absolute Gasteiger partial charge is 0.167 e. The second-order valence-corrected chi connectivity index (χ2v) is 3.78. The molecule has 0 bridgehead atoms. The number of rotatable bonds is 3. The molecule has 0 spiro atoms. The van der Waals surface area contributed by atoms with Gasteiger partial charge in [-0.15, -0.1) is 0 Å². The summed E-state index contributed by atoms with van der Waals surface area (Å²) in [6.45, 7) is 1.89. The van der Waals surface area contributed by atoms with E-state index in [-0.39, 0.29) is 5.79 Å². The van der Waals surface area contributed by atoms with Gasteiger partial charge in [-0.25, -0.2) is 0 Å². The minimum atomic E-state index is -0.369. The molecule has 0 aromatic rings. The van der Waals surface area contributed by atoms with E-state index >= 15 is 0 Å². The molecule has 0 aromatic heterocycles. The Bertz CT molecular complexity index is 177. The van der Waals surface area contributed by atoms with E-state index in [2.05, 4.69) is 0 Å². The van der Waals surface area contributed by atoms with Crippen LogP contribution in [0.5, 0.6) is 0 Å². The molecule has 0 saturated heterocycles. The second kappa shape index (κ2) is 4.20. The first-order valence-corrected chi connectivity index (χ1v) is 4.79. The Morgan fingerprint density at radius 1 is 1.23 bits per heavy atom. The van der Waals surface area contributed by atoms with Crippen molar-refractivity contribution in [3.05, 3.63) is 0 Å². The normalized spacial score (nSPS) is 23.0. The molecular weight excluding hydrogens is 166 g/mol. The minimum Gasteiger partial charge on any atom is -0.353 e. The Labute approximate surface area is 79.9 Å². The molecule has 3 nitrogen and oxygen atoms in total. The second-order valence-electron chi connectivity index (χ2n) is 3.78. The lowest BCUT2D eigenvalue weighted by molar-refractivity contribution is -0.225. The molecule has 0 heterocycles. The van der Waals surface area contributed by atoms with Crippen LogP contribution in [0.4, 0.5) is 0 Å². The molecule has 1 aliphatic rings. The highest BCUT2D eigenvalue weighted by Gasteiger charge is 2.35. The lowest BCUT2D eigenvalue weighted by atomic mass is 9.83. The molecule has 0 unspecified atom stereocenters. The predicted octanol–water partition coefficient (Wildman–Crippen LogP) is 2.21. The minimum absolute atomic E-state index is 0.369. The molecule has 1 fully saturated rings. The summed E-state index contributed by atoms with van der Waals surface area (Å²) in [5, 5.41) is 7.55. The summed E-state index contributed by atoms with van der Waals surface area (Å²) >= 11 is 0. The topological polar surface area (TPSA) is 42.3 Å². The summed E-state index contributed by atoms with van der Waals surface area (Å²) in [5.41, 5.74) is 0.792. The third-order valence-corrected chi connectivity index (χ3v) is 3.10. The highest BCUT2D eigenvalue weighted by atomic mass is 16.7. The molecule has 13 heavy (non-hydrogen) atoms. The van der Waals surface area contributed by atoms with Gasteiger partial charge in [0.15, 0.2) is 5.79 Å². The van der Waals surface area contributed by atoms with Crippen LogP contribution in [0.1, 0.15) is 32.6 Å². The fourth-order valence-corrected chi connectivity index (χ4v) is 1.98. The van der Waals surface area contributed by atoms with E-state index in [1.54, 1.807) is 14.2 Å². The van der Waals surface area contributed by atoms with Gasteiger partial charge >= 0.3 is 0 Å². The van der Waals surface area contributed by atoms with E-state index < -0.39 is 0 Å². The summed E-state index contributed by atoms with van der Waals surface area (Å²) in [6.07, 6.45) is 3.83. The average Bonchev–Trinajstić information content (AvgIpc) is 2.18. The Morgan fingerprint density at radius 3 is 2.00 bits per heavy atom. The first-order chi connectivity index (χ1) is 6.13. The summed E-state index contributed by atoms with van der Waals surface area (Å²) < 4.78 is 10.7. The maximum atomic E-state index is 7.55. The van der Waals surface area contributed by atoms with Crippen molar-refractivity contribution in [2.75, 3.05) is 14.2 Å². The SMILES string of the molecule is COC1(OC)CCC(C(C)=N)CC1. The van der Waals surface area contributed by atoms with Crippen LogP contribution in [-0.4, -0.2) is 25.7 Å². The number of nitrogens with one attached hydrogen (secondary N) is 1. The molecule has 0 aliphatic heterocycles. The van der Waals surface area contributed by atoms with E-state index in [0.29, 0.717) is 5.92 Å². The fourth-order valence-electron chi connectivity index (χ4n) is 1.98. The van der Waals surface area contributed by atoms with Crippen molar-refractivity contribution in [3.8, 4) is 0 Å². The van der Waals surface area contributed by atoms with Gasteiger partial charge in [0, 0.05) is 32.8 Å². The zero-order chi connectivity index (χ0) is 9.90. The van der Waals surface area contributed by atoms with Crippen LogP contribution in [-0.2, 0) is 9.47 Å². The fraction of sp³-hybridized carbons (Fsp3) is 0.900. The van der Waals surface area contributed by atoms with Gasteiger partial charge in [0.05, 0.1) is 0 Å². The highest BCUT2D eigenvalue weighted by molar-refractivity contribution is 5.81. The van der Waals surface area contributed by atoms with Gasteiger partial charge in [0.1, 0.15) is 0 Å². The van der Waals surface area contributed by atoms with Crippen LogP contribution >= 0.6 is 0 Å². The van der Waals surface area contributed by atoms with E-state index in [1.165, 1.54) is 0 Å². The number of ether oxygens (including phenoxy) is 2. The summed E-state index contributed by atoms with van der Waals surface area (Å²) in [7, 11) is 3.39. The van der Waals surface area contributed by atoms with Crippen LogP contribution < -0.4 is 0 Å². The summed E-state index contributed by atoms with van der Waals surface area (Å²) in [4.78, 5) is 0. The molecule has 1 saturated carbocycles. The maximum absolute atomic E-state index is 7.55. The molecule has 76 valence electrons. The molecule has 3 heteroatoms. The number of hydrogen-bond donors (Lipinski definition) is 1. The molecule has 1 rings (SSSR count). The van der Waals surface area contributed by atoms with Crippen molar-refractivity contribution < 1.29 is 9.47 Å². The van der Waals surface area contributed by atoms with Gasteiger partial charge in [-0.2, -0.15) is 0 Å². The zero-order valence-electron chi connectivity index (χ0n) is 8.72. The van der Waals surface area contributed by atoms with Crippen LogP contribution in [0.15, 0.2) is 0 Å². The molecule has 0 radical (unpaired) electrons. The van der Waals surface area contributed by atoms with Crippen molar-refractivity contribution in [3.63, 3.8) is 0 Å². The van der Waals surface area contributed by atoms with Crippen LogP contribution in [0.3, 0.4) is 0 Å². The lowest BCUT2D eigenvalue weighted by Crippen LogP contribution is -2.39. The largest absolute Gasteiger partial charge is 0.353 e. The van der Waals surface area contributed by atoms with Crippen molar-refractivity contribution in [2.45, 2.75) is 38.4 Å². The Morgan fingerprint density at radius 2 is 1.69 bits per heavy atom. The molecule has 1 aliphatic carbocycles. The maximum Gasteiger partial charge on any atom is 0.167 e. The molecule has 0 atom stereocenters. The van der Waals surface area contributed by atoms with Crippen molar-refractivity contribution >= 4 is 5.71 Å². The van der Waals surface area contributed by atoms with Crippen molar-refractivity contribution in [2.24, 2.45) is 5.92 Å². The quantitative estimate of drug-likeness (QED) is 0.541. The monoisotopic (exact) mass is 185 g/mol. The van der Waals surface area contributed by atoms with Gasteiger partial charge < -0.3 is 14.9 Å². The summed E-state index contributed by atoms with van der Waals surface area (Å²) in [5.74, 6) is 0.0739. The Kier molecular flexibility index (Phi) is 3.45. The van der Waals surface area contributed by atoms with Crippen LogP contribution in [0, 0.1) is 11.3 Å². The van der Waals surface area contributed by atoms with E-state index in [9.17, 15) is 0 Å². The van der Waals surface area contributed by atoms with Gasteiger partial charge in [0.25, 0.3) is 0 Å². The van der Waals surface area contributed by atoms with Gasteiger partial charge in [-0.1, -0.05) is 0 Å². The van der Waals surface area contributed by atoms with Gasteiger partial charge in [0.2, 0.25) is 0 Å². The first-order valence-electron chi connectivity index (χ1n) is 4.79. The first kappa shape index (κ1) is 10.7. The van der Waals surface area contributed by atoms with E-state index in [4.69, 9.17) is 14.9 Å². The van der Waals surface area contributed by atoms with E-state index in [0.717, 1.165) is 31.4 Å². The zero-order valence-corrected chi connectivity index (χ0v) is 8.72. The molecule has 0 amide bonds. The standard InChI is InChI=1S/C10H19NO2/c1-8(11)9-4-6-10(12-2,13-3)7-5-9/h9,11H,4-7H2,1-3H3. The van der Waals surface area contributed by atoms with Crippen molar-refractivity contribution in [1.29, 1.82) is 5.41 Å². The van der Waals surface area contributed by atoms with E-state index in [1.807, 2.05) is 6.92 Å². The van der Waals surface area contributed by atoms with Gasteiger partial charge in [-0.3, -0.25) is 0 Å². The van der Waals surface area contributed by atoms with Gasteiger partial charge in [-0.05, 0) is 25.7 Å². The third kappa shape index (κ3) is 2.29. The third-order valence-electron chi connectivity index (χ3n) is 3.10. The average molecular weight is 185 g/mol. The predicted molar refractivity (Wildman–Crippen MR) is 52.1 cm³/mol. The van der Waals surface area contributed by atoms with Crippen LogP contribution in [0.2, 0.25) is 0 Å². The molecule has 1 N–H and O–H groups in total. The lowest BCUT2D eigenvalue weighted by Gasteiger charge is -2.37. The number of methoxy groups -OCH3 is 2.